The topological polar surface area (TPSA) is 125 Å². The summed E-state index contributed by atoms with van der Waals surface area (Å²) >= 11 is 5.82. The van der Waals surface area contributed by atoms with Crippen molar-refractivity contribution in [1.82, 2.24) is 29.7 Å². The number of carbonyl (C=O) groups is 2. The highest BCUT2D eigenvalue weighted by Gasteiger charge is 2.34. The van der Waals surface area contributed by atoms with E-state index >= 15 is 0 Å². The maximum Gasteiger partial charge on any atom is 0.243 e. The first kappa shape index (κ1) is 26.5. The molecule has 0 radical (unpaired) electrons. The van der Waals surface area contributed by atoms with Crippen LogP contribution < -0.4 is 10.6 Å². The Morgan fingerprint density at radius 2 is 2.03 bits per heavy atom. The number of carbonyl (C=O) groups excluding carboxylic acids is 2. The zero-order chi connectivity index (χ0) is 27.5. The van der Waals surface area contributed by atoms with Crippen LogP contribution in [0.2, 0.25) is 5.02 Å². The zero-order valence-electron chi connectivity index (χ0n) is 21.1. The van der Waals surface area contributed by atoms with Crippen molar-refractivity contribution in [2.75, 3.05) is 11.9 Å². The molecule has 1 aliphatic carbocycles. The van der Waals surface area contributed by atoms with Gasteiger partial charge < -0.3 is 25.2 Å². The third-order valence-corrected chi connectivity index (χ3v) is 6.81. The summed E-state index contributed by atoms with van der Waals surface area (Å²) < 4.78 is 15.9. The number of fused-ring (bicyclic) bond motifs is 1. The van der Waals surface area contributed by atoms with Gasteiger partial charge in [0.25, 0.3) is 0 Å². The van der Waals surface area contributed by atoms with Crippen molar-refractivity contribution in [3.8, 4) is 0 Å². The summed E-state index contributed by atoms with van der Waals surface area (Å²) in [5, 5.41) is 16.9. The summed E-state index contributed by atoms with van der Waals surface area (Å²) in [5.74, 6) is -0.666. The van der Waals surface area contributed by atoms with Crippen LogP contribution in [0.1, 0.15) is 37.0 Å². The van der Waals surface area contributed by atoms with Crippen molar-refractivity contribution in [1.29, 1.82) is 0 Å². The second-order valence-electron chi connectivity index (χ2n) is 9.47. The first-order valence-electron chi connectivity index (χ1n) is 12.5. The Labute approximate surface area is 228 Å². The molecule has 1 atom stereocenters. The van der Waals surface area contributed by atoms with E-state index in [-0.39, 0.29) is 48.1 Å². The van der Waals surface area contributed by atoms with E-state index in [1.165, 1.54) is 12.4 Å². The van der Waals surface area contributed by atoms with Gasteiger partial charge in [0, 0.05) is 35.3 Å². The zero-order valence-corrected chi connectivity index (χ0v) is 21.9. The lowest BCUT2D eigenvalue weighted by Gasteiger charge is -2.22. The quantitative estimate of drug-likeness (QED) is 0.274. The van der Waals surface area contributed by atoms with Gasteiger partial charge >= 0.3 is 0 Å². The normalized spacial score (nSPS) is 13.7. The van der Waals surface area contributed by atoms with Crippen LogP contribution in [-0.2, 0) is 22.7 Å². The summed E-state index contributed by atoms with van der Waals surface area (Å²) in [6.45, 7) is 1.45. The Hall–Kier alpha value is -4.09. The molecule has 1 aliphatic rings. The van der Waals surface area contributed by atoms with Gasteiger partial charge in [0.2, 0.25) is 11.8 Å². The molecule has 1 fully saturated rings. The second kappa shape index (κ2) is 11.3. The molecular formula is C27H27ClFN7O3. The van der Waals surface area contributed by atoms with Crippen molar-refractivity contribution in [3.63, 3.8) is 0 Å². The molecule has 202 valence electrons. The lowest BCUT2D eigenvalue weighted by atomic mass is 10.1. The Kier molecular flexibility index (Phi) is 7.71. The number of aliphatic hydroxyl groups excluding tert-OH is 1. The van der Waals surface area contributed by atoms with Gasteiger partial charge in [-0.05, 0) is 31.9 Å². The number of aromatic nitrogens is 4. The van der Waals surface area contributed by atoms with Crippen molar-refractivity contribution in [2.24, 2.45) is 0 Å². The van der Waals surface area contributed by atoms with E-state index in [1.807, 2.05) is 0 Å². The van der Waals surface area contributed by atoms with Gasteiger partial charge in [0.05, 0.1) is 47.5 Å². The Bertz CT molecular complexity index is 1510. The van der Waals surface area contributed by atoms with Gasteiger partial charge in [0.15, 0.2) is 0 Å². The predicted octanol–water partition coefficient (Wildman–Crippen LogP) is 3.72. The third-order valence-electron chi connectivity index (χ3n) is 6.52. The molecule has 3 aromatic heterocycles. The summed E-state index contributed by atoms with van der Waals surface area (Å²) in [6.07, 6.45) is 8.87. The Morgan fingerprint density at radius 1 is 1.26 bits per heavy atom. The fourth-order valence-electron chi connectivity index (χ4n) is 4.39. The summed E-state index contributed by atoms with van der Waals surface area (Å²) in [5.41, 5.74) is 2.25. The minimum absolute atomic E-state index is 0.0153. The molecule has 0 bridgehead atoms. The summed E-state index contributed by atoms with van der Waals surface area (Å²) in [4.78, 5) is 40.0. The van der Waals surface area contributed by atoms with E-state index < -0.39 is 11.9 Å². The summed E-state index contributed by atoms with van der Waals surface area (Å²) in [6, 6.07) is 6.37. The number of nitrogens with one attached hydrogen (secondary N) is 2. The Balaban J connectivity index is 1.30. The summed E-state index contributed by atoms with van der Waals surface area (Å²) in [7, 11) is 0. The lowest BCUT2D eigenvalue weighted by molar-refractivity contribution is -0.137. The highest BCUT2D eigenvalue weighted by atomic mass is 35.5. The van der Waals surface area contributed by atoms with E-state index in [1.54, 1.807) is 59.4 Å². The van der Waals surface area contributed by atoms with Crippen molar-refractivity contribution < 1.29 is 19.1 Å². The molecule has 1 aromatic carbocycles. The van der Waals surface area contributed by atoms with Crippen LogP contribution in [0.4, 0.5) is 15.9 Å². The average molecular weight is 552 g/mol. The van der Waals surface area contributed by atoms with Gasteiger partial charge in [0.1, 0.15) is 24.5 Å². The molecule has 3 heterocycles. The molecule has 0 aliphatic heterocycles. The van der Waals surface area contributed by atoms with Gasteiger partial charge in [-0.15, -0.1) is 0 Å². The minimum Gasteiger partial charge on any atom is -0.389 e. The molecule has 0 spiro atoms. The van der Waals surface area contributed by atoms with Crippen LogP contribution in [0.3, 0.4) is 0 Å². The number of amides is 2. The number of hydrogen-bond donors (Lipinski definition) is 3. The van der Waals surface area contributed by atoms with Gasteiger partial charge in [-0.3, -0.25) is 9.59 Å². The third kappa shape index (κ3) is 6.15. The molecule has 1 saturated carbocycles. The number of benzene rings is 1. The second-order valence-corrected chi connectivity index (χ2v) is 9.88. The number of pyridine rings is 1. The largest absolute Gasteiger partial charge is 0.389 e. The maximum absolute atomic E-state index is 14.2. The number of aliphatic hydroxyl groups is 1. The average Bonchev–Trinajstić information content (AvgIpc) is 3.70. The number of anilines is 2. The fraction of sp³-hybridized carbons (Fsp3) is 0.296. The fourth-order valence-corrected chi connectivity index (χ4v) is 4.59. The molecule has 12 heteroatoms. The first-order valence-corrected chi connectivity index (χ1v) is 12.9. The predicted molar refractivity (Wildman–Crippen MR) is 144 cm³/mol. The number of hydrogen-bond acceptors (Lipinski definition) is 7. The van der Waals surface area contributed by atoms with Crippen molar-refractivity contribution in [3.05, 3.63) is 77.3 Å². The molecule has 0 saturated heterocycles. The molecule has 2 amide bonds. The van der Waals surface area contributed by atoms with E-state index in [4.69, 9.17) is 11.6 Å². The monoisotopic (exact) mass is 551 g/mol. The molecule has 39 heavy (non-hydrogen) atoms. The molecular weight excluding hydrogens is 525 g/mol. The lowest BCUT2D eigenvalue weighted by Crippen LogP contribution is -2.43. The number of rotatable bonds is 10. The molecule has 4 aromatic rings. The van der Waals surface area contributed by atoms with Gasteiger partial charge in [-0.2, -0.15) is 0 Å². The van der Waals surface area contributed by atoms with Crippen LogP contribution in [-0.4, -0.2) is 53.9 Å². The van der Waals surface area contributed by atoms with Crippen LogP contribution in [0.5, 0.6) is 0 Å². The molecule has 1 unspecified atom stereocenters. The molecule has 5 rings (SSSR count). The first-order chi connectivity index (χ1) is 18.8. The van der Waals surface area contributed by atoms with E-state index in [0.717, 1.165) is 18.2 Å². The smallest absolute Gasteiger partial charge is 0.243 e. The van der Waals surface area contributed by atoms with E-state index in [9.17, 15) is 19.1 Å². The SMILES string of the molecule is CC(O)c1cn(CC(=O)N(CC(=O)NCc2cccc(Cl)c2F)C2CC2)c2cnc(Nc3cncnc3)cc12. The van der Waals surface area contributed by atoms with Crippen LogP contribution >= 0.6 is 11.6 Å². The van der Waals surface area contributed by atoms with Crippen LogP contribution in [0, 0.1) is 5.82 Å². The molecule has 10 nitrogen and oxygen atoms in total. The highest BCUT2D eigenvalue weighted by Crippen LogP contribution is 2.30. The number of nitrogens with zero attached hydrogens (tertiary/aromatic N) is 5. The molecule has 3 N–H and O–H groups in total. The van der Waals surface area contributed by atoms with E-state index in [0.29, 0.717) is 22.6 Å². The maximum atomic E-state index is 14.2. The minimum atomic E-state index is -0.781. The van der Waals surface area contributed by atoms with Gasteiger partial charge in [-0.25, -0.2) is 19.3 Å². The van der Waals surface area contributed by atoms with Crippen molar-refractivity contribution >= 4 is 45.8 Å². The Morgan fingerprint density at radius 3 is 2.74 bits per heavy atom. The standard InChI is InChI=1S/C27H27ClFN7O3/c1-16(37)21-12-35(23-11-32-24(7-20(21)23)34-18-9-30-15-31-10-18)14-26(39)36(19-5-6-19)13-25(38)33-8-17-3-2-4-22(28)27(17)29/h2-4,7,9-12,15-16,19,37H,5-6,8,13-14H2,1H3,(H,32,34)(H,33,38). The number of halogens is 2. The van der Waals surface area contributed by atoms with Gasteiger partial charge in [-0.1, -0.05) is 23.7 Å². The van der Waals surface area contributed by atoms with Crippen LogP contribution in [0.15, 0.2) is 55.4 Å². The van der Waals surface area contributed by atoms with Crippen LogP contribution in [0.25, 0.3) is 10.9 Å². The highest BCUT2D eigenvalue weighted by molar-refractivity contribution is 6.30. The van der Waals surface area contributed by atoms with E-state index in [2.05, 4.69) is 25.6 Å². The van der Waals surface area contributed by atoms with Crippen molar-refractivity contribution in [2.45, 2.75) is 45.0 Å².